The van der Waals surface area contributed by atoms with Gasteiger partial charge in [0.2, 0.25) is 11.8 Å². The van der Waals surface area contributed by atoms with Gasteiger partial charge in [-0.1, -0.05) is 18.2 Å². The van der Waals surface area contributed by atoms with Crippen molar-refractivity contribution in [3.63, 3.8) is 0 Å². The van der Waals surface area contributed by atoms with Crippen molar-refractivity contribution in [2.75, 3.05) is 25.0 Å². The molecule has 6 heteroatoms. The minimum Gasteiger partial charge on any atom is -0.494 e. The minimum atomic E-state index is -0.398. The van der Waals surface area contributed by atoms with Gasteiger partial charge < -0.3 is 15.0 Å². The molecule has 1 fully saturated rings. The summed E-state index contributed by atoms with van der Waals surface area (Å²) in [5.41, 5.74) is 1.24. The summed E-state index contributed by atoms with van der Waals surface area (Å²) in [4.78, 5) is 26.3. The fourth-order valence-corrected chi connectivity index (χ4v) is 3.17. The molecule has 1 aliphatic rings. The number of halogens is 1. The first kappa shape index (κ1) is 18.9. The molecule has 2 aromatic rings. The Morgan fingerprint density at radius 1 is 1.22 bits per heavy atom. The quantitative estimate of drug-likeness (QED) is 0.814. The van der Waals surface area contributed by atoms with Gasteiger partial charge in [0, 0.05) is 25.2 Å². The Bertz CT molecular complexity index is 807. The van der Waals surface area contributed by atoms with Crippen LogP contribution in [0.3, 0.4) is 0 Å². The molecule has 3 rings (SSSR count). The number of anilines is 1. The van der Waals surface area contributed by atoms with Gasteiger partial charge >= 0.3 is 0 Å². The highest BCUT2D eigenvalue weighted by molar-refractivity contribution is 5.97. The van der Waals surface area contributed by atoms with Crippen LogP contribution in [0, 0.1) is 11.7 Å². The summed E-state index contributed by atoms with van der Waals surface area (Å²) in [6.45, 7) is 3.26. The van der Waals surface area contributed by atoms with Crippen LogP contribution in [0.4, 0.5) is 10.1 Å². The van der Waals surface area contributed by atoms with Crippen LogP contribution in [0.15, 0.2) is 48.5 Å². The Hall–Kier alpha value is -2.89. The molecule has 142 valence electrons. The highest BCUT2D eigenvalue weighted by atomic mass is 19.1. The largest absolute Gasteiger partial charge is 0.494 e. The molecule has 1 aliphatic heterocycles. The van der Waals surface area contributed by atoms with Crippen molar-refractivity contribution in [1.82, 2.24) is 4.90 Å². The lowest BCUT2D eigenvalue weighted by Gasteiger charge is -2.17. The predicted molar refractivity (Wildman–Crippen MR) is 101 cm³/mol. The smallest absolute Gasteiger partial charge is 0.229 e. The van der Waals surface area contributed by atoms with Crippen molar-refractivity contribution in [3.8, 4) is 5.75 Å². The van der Waals surface area contributed by atoms with Crippen molar-refractivity contribution in [1.29, 1.82) is 0 Å². The molecule has 0 aromatic heterocycles. The summed E-state index contributed by atoms with van der Waals surface area (Å²) in [6.07, 6.45) is 0.617. The number of nitrogens with zero attached hydrogens (tertiary/aromatic N) is 1. The maximum Gasteiger partial charge on any atom is 0.229 e. The number of rotatable bonds is 7. The first-order valence-electron chi connectivity index (χ1n) is 9.11. The summed E-state index contributed by atoms with van der Waals surface area (Å²) in [5, 5.41) is 2.84. The van der Waals surface area contributed by atoms with Crippen molar-refractivity contribution in [3.05, 3.63) is 59.9 Å². The molecule has 0 bridgehead atoms. The summed E-state index contributed by atoms with van der Waals surface area (Å²) in [5.74, 6) is -0.177. The van der Waals surface area contributed by atoms with E-state index >= 15 is 0 Å². The minimum absolute atomic E-state index is 0.0711. The molecular weight excluding hydrogens is 347 g/mol. The van der Waals surface area contributed by atoms with E-state index in [1.165, 1.54) is 6.07 Å². The van der Waals surface area contributed by atoms with Crippen LogP contribution in [0.2, 0.25) is 0 Å². The van der Waals surface area contributed by atoms with Crippen LogP contribution < -0.4 is 10.1 Å². The number of nitrogens with one attached hydrogen (secondary N) is 1. The molecule has 0 aliphatic carbocycles. The zero-order valence-electron chi connectivity index (χ0n) is 15.3. The predicted octanol–water partition coefficient (Wildman–Crippen LogP) is 3.25. The highest BCUT2D eigenvalue weighted by Gasteiger charge is 2.34. The lowest BCUT2D eigenvalue weighted by molar-refractivity contribution is -0.128. The molecular formula is C21H23FN2O3. The fraction of sp³-hybridized carbons (Fsp3) is 0.333. The number of benzene rings is 2. The number of amides is 2. The third-order valence-corrected chi connectivity index (χ3v) is 4.63. The molecule has 5 nitrogen and oxygen atoms in total. The molecule has 0 spiro atoms. The van der Waals surface area contributed by atoms with Crippen LogP contribution in [0.1, 0.15) is 18.9 Å². The third-order valence-electron chi connectivity index (χ3n) is 4.63. The molecule has 27 heavy (non-hydrogen) atoms. The van der Waals surface area contributed by atoms with E-state index in [1.807, 2.05) is 6.92 Å². The van der Waals surface area contributed by atoms with E-state index < -0.39 is 5.92 Å². The average molecular weight is 370 g/mol. The van der Waals surface area contributed by atoms with Gasteiger partial charge in [0.1, 0.15) is 11.6 Å². The molecule has 1 N–H and O–H groups in total. The highest BCUT2D eigenvalue weighted by Crippen LogP contribution is 2.22. The molecule has 1 atom stereocenters. The van der Waals surface area contributed by atoms with E-state index in [9.17, 15) is 14.0 Å². The van der Waals surface area contributed by atoms with Gasteiger partial charge in [0.25, 0.3) is 0 Å². The number of ether oxygens (including phenoxy) is 1. The van der Waals surface area contributed by atoms with Gasteiger partial charge in [0.15, 0.2) is 0 Å². The van der Waals surface area contributed by atoms with E-state index in [0.29, 0.717) is 37.4 Å². The van der Waals surface area contributed by atoms with Crippen molar-refractivity contribution < 1.29 is 18.7 Å². The zero-order valence-corrected chi connectivity index (χ0v) is 15.3. The molecule has 1 heterocycles. The van der Waals surface area contributed by atoms with Crippen LogP contribution in [-0.4, -0.2) is 36.4 Å². The third kappa shape index (κ3) is 4.84. The normalized spacial score (nSPS) is 16.4. The van der Waals surface area contributed by atoms with Gasteiger partial charge in [-0.05, 0) is 49.2 Å². The van der Waals surface area contributed by atoms with Gasteiger partial charge in [-0.15, -0.1) is 0 Å². The van der Waals surface area contributed by atoms with Crippen LogP contribution in [0.5, 0.6) is 5.75 Å². The average Bonchev–Trinajstić information content (AvgIpc) is 3.04. The molecule has 0 saturated carbocycles. The second-order valence-corrected chi connectivity index (χ2v) is 6.53. The molecule has 2 aromatic carbocycles. The zero-order chi connectivity index (χ0) is 19.2. The topological polar surface area (TPSA) is 58.6 Å². The van der Waals surface area contributed by atoms with Crippen LogP contribution >= 0.6 is 0 Å². The van der Waals surface area contributed by atoms with Crippen molar-refractivity contribution in [2.45, 2.75) is 19.8 Å². The first-order valence-corrected chi connectivity index (χ1v) is 9.11. The maximum atomic E-state index is 13.7. The SMILES string of the molecule is CCOc1ccc(NC(=O)C2CC(=O)N(CCc3ccccc3F)C2)cc1. The summed E-state index contributed by atoms with van der Waals surface area (Å²) in [6, 6.07) is 13.7. The van der Waals surface area contributed by atoms with Gasteiger partial charge in [-0.25, -0.2) is 4.39 Å². The van der Waals surface area contributed by atoms with Crippen molar-refractivity contribution >= 4 is 17.5 Å². The monoisotopic (exact) mass is 370 g/mol. The van der Waals surface area contributed by atoms with E-state index in [4.69, 9.17) is 4.74 Å². The van der Waals surface area contributed by atoms with E-state index in [1.54, 1.807) is 47.4 Å². The summed E-state index contributed by atoms with van der Waals surface area (Å²) >= 11 is 0. The van der Waals surface area contributed by atoms with E-state index in [2.05, 4.69) is 5.32 Å². The second-order valence-electron chi connectivity index (χ2n) is 6.53. The van der Waals surface area contributed by atoms with E-state index in [-0.39, 0.29) is 24.1 Å². The Kier molecular flexibility index (Phi) is 6.06. The molecule has 0 radical (unpaired) electrons. The van der Waals surface area contributed by atoms with Gasteiger partial charge in [0.05, 0.1) is 12.5 Å². The Morgan fingerprint density at radius 3 is 2.67 bits per heavy atom. The molecule has 1 saturated heterocycles. The first-order chi connectivity index (χ1) is 13.1. The van der Waals surface area contributed by atoms with Crippen molar-refractivity contribution in [2.24, 2.45) is 5.92 Å². The van der Waals surface area contributed by atoms with Crippen LogP contribution in [0.25, 0.3) is 0 Å². The number of hydrogen-bond donors (Lipinski definition) is 1. The fourth-order valence-electron chi connectivity index (χ4n) is 3.17. The van der Waals surface area contributed by atoms with Gasteiger partial charge in [-0.3, -0.25) is 9.59 Å². The standard InChI is InChI=1S/C21H23FN2O3/c1-2-27-18-9-7-17(8-10-18)23-21(26)16-13-20(25)24(14-16)12-11-15-5-3-4-6-19(15)22/h3-10,16H,2,11-14H2,1H3,(H,23,26). The lowest BCUT2D eigenvalue weighted by Crippen LogP contribution is -2.30. The Balaban J connectivity index is 1.53. The number of carbonyl (C=O) groups is 2. The van der Waals surface area contributed by atoms with Crippen LogP contribution in [-0.2, 0) is 16.0 Å². The second kappa shape index (κ2) is 8.66. The van der Waals surface area contributed by atoms with E-state index in [0.717, 1.165) is 5.75 Å². The lowest BCUT2D eigenvalue weighted by atomic mass is 10.1. The maximum absolute atomic E-state index is 13.7. The number of likely N-dealkylation sites (tertiary alicyclic amines) is 1. The Morgan fingerprint density at radius 2 is 1.96 bits per heavy atom. The number of hydrogen-bond acceptors (Lipinski definition) is 3. The molecule has 2 amide bonds. The summed E-state index contributed by atoms with van der Waals surface area (Å²) < 4.78 is 19.1. The van der Waals surface area contributed by atoms with Gasteiger partial charge in [-0.2, -0.15) is 0 Å². The number of carbonyl (C=O) groups excluding carboxylic acids is 2. The summed E-state index contributed by atoms with van der Waals surface area (Å²) in [7, 11) is 0. The Labute approximate surface area is 158 Å². The molecule has 1 unspecified atom stereocenters.